The minimum absolute atomic E-state index is 0.0634. The van der Waals surface area contributed by atoms with E-state index in [9.17, 15) is 4.79 Å². The van der Waals surface area contributed by atoms with Gasteiger partial charge in [-0.2, -0.15) is 0 Å². The van der Waals surface area contributed by atoms with Crippen LogP contribution < -0.4 is 5.32 Å². The van der Waals surface area contributed by atoms with Crippen molar-refractivity contribution in [3.05, 3.63) is 21.9 Å². The highest BCUT2D eigenvalue weighted by Crippen LogP contribution is 2.24. The molecule has 0 aromatic carbocycles. The number of ether oxygens (including phenoxy) is 1. The summed E-state index contributed by atoms with van der Waals surface area (Å²) in [6.07, 6.45) is 3.36. The first-order chi connectivity index (χ1) is 8.16. The number of carbonyl (C=O) groups is 1. The second-order valence-electron chi connectivity index (χ2n) is 3.90. The third kappa shape index (κ3) is 3.40. The molecule has 1 saturated heterocycles. The van der Waals surface area contributed by atoms with E-state index in [1.165, 1.54) is 0 Å². The number of hydrogen-bond acceptors (Lipinski definition) is 3. The van der Waals surface area contributed by atoms with Crippen LogP contribution in [0, 0.1) is 5.92 Å². The Kier molecular flexibility index (Phi) is 4.36. The highest BCUT2D eigenvalue weighted by molar-refractivity contribution is 9.10. The monoisotopic (exact) mass is 318 g/mol. The van der Waals surface area contributed by atoms with Crippen molar-refractivity contribution in [2.24, 2.45) is 5.92 Å². The van der Waals surface area contributed by atoms with Crippen molar-refractivity contribution in [1.29, 1.82) is 0 Å². The molecule has 1 amide bonds. The number of nitrogens with zero attached hydrogens (tertiary/aromatic N) is 1. The van der Waals surface area contributed by atoms with Crippen molar-refractivity contribution < 1.29 is 9.53 Å². The fourth-order valence-electron chi connectivity index (χ4n) is 1.69. The Balaban J connectivity index is 2.04. The van der Waals surface area contributed by atoms with Crippen LogP contribution in [0.5, 0.6) is 0 Å². The molecule has 1 unspecified atom stereocenters. The van der Waals surface area contributed by atoms with Gasteiger partial charge in [0.15, 0.2) is 5.15 Å². The van der Waals surface area contributed by atoms with Crippen LogP contribution in [-0.4, -0.2) is 24.1 Å². The van der Waals surface area contributed by atoms with Gasteiger partial charge in [-0.25, -0.2) is 4.98 Å². The molecule has 2 rings (SSSR count). The van der Waals surface area contributed by atoms with Gasteiger partial charge < -0.3 is 10.1 Å². The molecule has 0 radical (unpaired) electrons. The zero-order chi connectivity index (χ0) is 12.3. The highest BCUT2D eigenvalue weighted by Gasteiger charge is 2.22. The number of carbonyl (C=O) groups excluding carboxylic acids is 1. The predicted molar refractivity (Wildman–Crippen MR) is 69.1 cm³/mol. The molecule has 92 valence electrons. The maximum absolute atomic E-state index is 11.9. The van der Waals surface area contributed by atoms with Crippen molar-refractivity contribution in [3.8, 4) is 0 Å². The topological polar surface area (TPSA) is 51.2 Å². The third-order valence-corrected chi connectivity index (χ3v) is 3.33. The van der Waals surface area contributed by atoms with Crippen LogP contribution in [0.2, 0.25) is 5.15 Å². The second kappa shape index (κ2) is 5.80. The van der Waals surface area contributed by atoms with E-state index in [-0.39, 0.29) is 11.8 Å². The standard InChI is InChI=1S/C11H12BrClN2O2/c12-8-4-9(10(13)14-5-8)15-11(16)7-2-1-3-17-6-7/h4-5,7H,1-3,6H2,(H,15,16). The van der Waals surface area contributed by atoms with E-state index in [1.54, 1.807) is 12.3 Å². The Morgan fingerprint density at radius 2 is 2.47 bits per heavy atom. The summed E-state index contributed by atoms with van der Waals surface area (Å²) in [7, 11) is 0. The molecule has 2 heterocycles. The zero-order valence-electron chi connectivity index (χ0n) is 9.08. The molecule has 1 fully saturated rings. The van der Waals surface area contributed by atoms with Crippen LogP contribution in [0.25, 0.3) is 0 Å². The average Bonchev–Trinajstić information content (AvgIpc) is 2.35. The molecule has 6 heteroatoms. The molecule has 0 spiro atoms. The lowest BCUT2D eigenvalue weighted by atomic mass is 10.0. The lowest BCUT2D eigenvalue weighted by Crippen LogP contribution is -2.30. The Labute approximate surface area is 113 Å². The largest absolute Gasteiger partial charge is 0.381 e. The molecular weight excluding hydrogens is 307 g/mol. The molecule has 0 aliphatic carbocycles. The number of halogens is 2. The number of rotatable bonds is 2. The van der Waals surface area contributed by atoms with Gasteiger partial charge in [0, 0.05) is 17.3 Å². The average molecular weight is 320 g/mol. The Morgan fingerprint density at radius 3 is 3.18 bits per heavy atom. The number of aromatic nitrogens is 1. The molecule has 0 bridgehead atoms. The first kappa shape index (κ1) is 12.8. The van der Waals surface area contributed by atoms with Gasteiger partial charge >= 0.3 is 0 Å². The molecule has 1 aromatic heterocycles. The summed E-state index contributed by atoms with van der Waals surface area (Å²) in [5, 5.41) is 3.07. The van der Waals surface area contributed by atoms with Crippen molar-refractivity contribution in [2.45, 2.75) is 12.8 Å². The first-order valence-electron chi connectivity index (χ1n) is 5.36. The maximum Gasteiger partial charge on any atom is 0.229 e. The fourth-order valence-corrected chi connectivity index (χ4v) is 2.17. The minimum Gasteiger partial charge on any atom is -0.381 e. The fraction of sp³-hybridized carbons (Fsp3) is 0.455. The number of nitrogens with one attached hydrogen (secondary N) is 1. The summed E-state index contributed by atoms with van der Waals surface area (Å²) >= 11 is 9.19. The number of pyridine rings is 1. The molecule has 17 heavy (non-hydrogen) atoms. The zero-order valence-corrected chi connectivity index (χ0v) is 11.4. The normalized spacial score (nSPS) is 20.0. The van der Waals surface area contributed by atoms with Gasteiger partial charge in [-0.3, -0.25) is 4.79 Å². The minimum atomic E-state index is -0.0983. The summed E-state index contributed by atoms with van der Waals surface area (Å²) in [6.45, 7) is 1.22. The van der Waals surface area contributed by atoms with Gasteiger partial charge in [0.25, 0.3) is 0 Å². The summed E-state index contributed by atoms with van der Waals surface area (Å²) in [5.74, 6) is -0.162. The highest BCUT2D eigenvalue weighted by atomic mass is 79.9. The smallest absolute Gasteiger partial charge is 0.229 e. The van der Waals surface area contributed by atoms with Crippen molar-refractivity contribution in [1.82, 2.24) is 4.98 Å². The lowest BCUT2D eigenvalue weighted by molar-refractivity contribution is -0.123. The van der Waals surface area contributed by atoms with E-state index in [1.807, 2.05) is 0 Å². The number of amides is 1. The van der Waals surface area contributed by atoms with E-state index in [2.05, 4.69) is 26.2 Å². The summed E-state index contributed by atoms with van der Waals surface area (Å²) in [4.78, 5) is 15.9. The van der Waals surface area contributed by atoms with Crippen molar-refractivity contribution in [3.63, 3.8) is 0 Å². The van der Waals surface area contributed by atoms with E-state index in [4.69, 9.17) is 16.3 Å². The molecule has 4 nitrogen and oxygen atoms in total. The summed E-state index contributed by atoms with van der Waals surface area (Å²) < 4.78 is 6.05. The molecule has 1 aliphatic rings. The van der Waals surface area contributed by atoms with E-state index in [0.717, 1.165) is 23.9 Å². The second-order valence-corrected chi connectivity index (χ2v) is 5.17. The molecule has 1 aromatic rings. The summed E-state index contributed by atoms with van der Waals surface area (Å²) in [6, 6.07) is 1.73. The lowest BCUT2D eigenvalue weighted by Gasteiger charge is -2.21. The van der Waals surface area contributed by atoms with Gasteiger partial charge in [-0.15, -0.1) is 0 Å². The number of hydrogen-bond donors (Lipinski definition) is 1. The van der Waals surface area contributed by atoms with E-state index >= 15 is 0 Å². The molecule has 1 aliphatic heterocycles. The van der Waals surface area contributed by atoms with Crippen LogP contribution in [0.4, 0.5) is 5.69 Å². The van der Waals surface area contributed by atoms with Crippen molar-refractivity contribution >= 4 is 39.1 Å². The van der Waals surface area contributed by atoms with Crippen LogP contribution in [0.1, 0.15) is 12.8 Å². The third-order valence-electron chi connectivity index (χ3n) is 2.59. The number of anilines is 1. The van der Waals surface area contributed by atoms with E-state index < -0.39 is 0 Å². The Bertz CT molecular complexity index is 422. The van der Waals surface area contributed by atoms with Crippen molar-refractivity contribution in [2.75, 3.05) is 18.5 Å². The van der Waals surface area contributed by atoms with Crippen LogP contribution in [-0.2, 0) is 9.53 Å². The molecule has 0 saturated carbocycles. The summed E-state index contributed by atoms with van der Waals surface area (Å²) in [5.41, 5.74) is 0.525. The molecule has 1 atom stereocenters. The van der Waals surface area contributed by atoms with Crippen LogP contribution in [0.15, 0.2) is 16.7 Å². The van der Waals surface area contributed by atoms with Gasteiger partial charge in [0.1, 0.15) is 0 Å². The molecular formula is C11H12BrClN2O2. The van der Waals surface area contributed by atoms with Crippen LogP contribution in [0.3, 0.4) is 0 Å². The predicted octanol–water partition coefficient (Wildman–Crippen LogP) is 2.86. The van der Waals surface area contributed by atoms with Gasteiger partial charge in [-0.1, -0.05) is 11.6 Å². The van der Waals surface area contributed by atoms with Gasteiger partial charge in [-0.05, 0) is 34.8 Å². The van der Waals surface area contributed by atoms with Crippen LogP contribution >= 0.6 is 27.5 Å². The molecule has 1 N–H and O–H groups in total. The SMILES string of the molecule is O=C(Nc1cc(Br)cnc1Cl)C1CCCOC1. The maximum atomic E-state index is 11.9. The quantitative estimate of drug-likeness (QED) is 0.853. The van der Waals surface area contributed by atoms with Gasteiger partial charge in [0.2, 0.25) is 5.91 Å². The Hall–Kier alpha value is -0.650. The first-order valence-corrected chi connectivity index (χ1v) is 6.53. The van der Waals surface area contributed by atoms with E-state index in [0.29, 0.717) is 17.4 Å². The Morgan fingerprint density at radius 1 is 1.65 bits per heavy atom. The van der Waals surface area contributed by atoms with Gasteiger partial charge in [0.05, 0.1) is 18.2 Å².